The van der Waals surface area contributed by atoms with Crippen LogP contribution in [0.5, 0.6) is 0 Å². The highest BCUT2D eigenvalue weighted by Crippen LogP contribution is 2.32. The number of carbonyl (C=O) groups excluding carboxylic acids is 2. The average molecular weight is 396 g/mol. The number of anilines is 1. The largest absolute Gasteiger partial charge is 0.366 e. The standard InChI is InChI=1S/C19H25N3O2S.ClH/c23-18-14-25-19(24)22(18)10-4-3-9-20-11-12-21-16(13-20)8-7-15-5-1-2-6-17(15)21;/h1-2,5-6,16H,3-4,7-14H2;1H. The second kappa shape index (κ2) is 8.63. The predicted molar refractivity (Wildman–Crippen MR) is 108 cm³/mol. The van der Waals surface area contributed by atoms with Gasteiger partial charge in [-0.15, -0.1) is 12.4 Å². The molecule has 3 heterocycles. The van der Waals surface area contributed by atoms with E-state index in [1.165, 1.54) is 29.0 Å². The van der Waals surface area contributed by atoms with E-state index in [0.717, 1.165) is 50.8 Å². The predicted octanol–water partition coefficient (Wildman–Crippen LogP) is 3.02. The van der Waals surface area contributed by atoms with Gasteiger partial charge in [0.1, 0.15) is 0 Å². The summed E-state index contributed by atoms with van der Waals surface area (Å²) in [5, 5.41) is -0.0699. The van der Waals surface area contributed by atoms with Crippen LogP contribution in [0.25, 0.3) is 0 Å². The summed E-state index contributed by atoms with van der Waals surface area (Å²) in [5.41, 5.74) is 2.92. The van der Waals surface area contributed by atoms with Crippen molar-refractivity contribution in [2.24, 2.45) is 0 Å². The fraction of sp³-hybridized carbons (Fsp3) is 0.579. The first-order valence-electron chi connectivity index (χ1n) is 9.26. The van der Waals surface area contributed by atoms with Crippen LogP contribution in [0.2, 0.25) is 0 Å². The van der Waals surface area contributed by atoms with Gasteiger partial charge < -0.3 is 4.90 Å². The number of carbonyl (C=O) groups is 2. The smallest absolute Gasteiger partial charge is 0.288 e. The van der Waals surface area contributed by atoms with Crippen molar-refractivity contribution in [3.8, 4) is 0 Å². The number of unbranched alkanes of at least 4 members (excludes halogenated alkanes) is 1. The SMILES string of the molecule is Cl.O=C1CSC(=O)N1CCCCN1CCN2c3ccccc3CCC2C1. The highest BCUT2D eigenvalue weighted by atomic mass is 35.5. The maximum absolute atomic E-state index is 11.6. The number of thioether (sulfide) groups is 1. The topological polar surface area (TPSA) is 43.9 Å². The molecule has 2 saturated heterocycles. The number of halogens is 1. The molecule has 1 unspecified atom stereocenters. The van der Waals surface area contributed by atoms with Crippen molar-refractivity contribution in [2.75, 3.05) is 43.4 Å². The molecule has 0 N–H and O–H groups in total. The lowest BCUT2D eigenvalue weighted by atomic mass is 9.94. The van der Waals surface area contributed by atoms with E-state index in [0.29, 0.717) is 18.3 Å². The highest BCUT2D eigenvalue weighted by molar-refractivity contribution is 8.14. The first-order valence-corrected chi connectivity index (χ1v) is 10.2. The Hall–Kier alpha value is -1.24. The highest BCUT2D eigenvalue weighted by Gasteiger charge is 2.31. The number of piperazine rings is 1. The zero-order valence-corrected chi connectivity index (χ0v) is 16.6. The van der Waals surface area contributed by atoms with Crippen LogP contribution in [0.15, 0.2) is 24.3 Å². The molecular formula is C19H26ClN3O2S. The van der Waals surface area contributed by atoms with E-state index in [4.69, 9.17) is 0 Å². The fourth-order valence-electron chi connectivity index (χ4n) is 4.21. The molecule has 1 aromatic carbocycles. The molecule has 0 spiro atoms. The lowest BCUT2D eigenvalue weighted by molar-refractivity contribution is -0.124. The van der Waals surface area contributed by atoms with E-state index in [-0.39, 0.29) is 23.6 Å². The number of hydrogen-bond donors (Lipinski definition) is 0. The van der Waals surface area contributed by atoms with Crippen molar-refractivity contribution >= 4 is 41.0 Å². The van der Waals surface area contributed by atoms with Gasteiger partial charge in [-0.2, -0.15) is 0 Å². The maximum Gasteiger partial charge on any atom is 0.288 e. The molecular weight excluding hydrogens is 370 g/mol. The van der Waals surface area contributed by atoms with Gasteiger partial charge in [-0.25, -0.2) is 0 Å². The Bertz CT molecular complexity index is 656. The lowest BCUT2D eigenvalue weighted by Crippen LogP contribution is -2.55. The van der Waals surface area contributed by atoms with Gasteiger partial charge >= 0.3 is 0 Å². The molecule has 142 valence electrons. The molecule has 5 nitrogen and oxygen atoms in total. The number of benzene rings is 1. The summed E-state index contributed by atoms with van der Waals surface area (Å²) in [5.74, 6) is 0.300. The number of para-hydroxylation sites is 1. The third kappa shape index (κ3) is 4.02. The van der Waals surface area contributed by atoms with E-state index in [1.54, 1.807) is 0 Å². The Kier molecular flexibility index (Phi) is 6.48. The normalized spacial score (nSPS) is 22.8. The van der Waals surface area contributed by atoms with Crippen LogP contribution in [-0.4, -0.2) is 65.5 Å². The zero-order valence-electron chi connectivity index (χ0n) is 14.9. The summed E-state index contributed by atoms with van der Waals surface area (Å²) in [7, 11) is 0. The molecule has 3 aliphatic heterocycles. The average Bonchev–Trinajstić information content (AvgIpc) is 2.96. The van der Waals surface area contributed by atoms with Crippen molar-refractivity contribution in [2.45, 2.75) is 31.7 Å². The van der Waals surface area contributed by atoms with Gasteiger partial charge in [0, 0.05) is 37.9 Å². The van der Waals surface area contributed by atoms with E-state index >= 15 is 0 Å². The van der Waals surface area contributed by atoms with Gasteiger partial charge in [0.15, 0.2) is 0 Å². The Labute approximate surface area is 165 Å². The van der Waals surface area contributed by atoms with Gasteiger partial charge in [0.05, 0.1) is 5.75 Å². The van der Waals surface area contributed by atoms with Crippen LogP contribution in [0.1, 0.15) is 24.8 Å². The Morgan fingerprint density at radius 2 is 1.88 bits per heavy atom. The minimum absolute atomic E-state index is 0. The van der Waals surface area contributed by atoms with E-state index in [1.807, 2.05) is 0 Å². The summed E-state index contributed by atoms with van der Waals surface area (Å²) in [6.45, 7) is 4.98. The molecule has 0 radical (unpaired) electrons. The van der Waals surface area contributed by atoms with Gasteiger partial charge in [-0.1, -0.05) is 30.0 Å². The lowest BCUT2D eigenvalue weighted by Gasteiger charge is -2.46. The van der Waals surface area contributed by atoms with Gasteiger partial charge in [0.25, 0.3) is 5.24 Å². The quantitative estimate of drug-likeness (QED) is 0.717. The zero-order chi connectivity index (χ0) is 17.2. The van der Waals surface area contributed by atoms with Crippen molar-refractivity contribution < 1.29 is 9.59 Å². The van der Waals surface area contributed by atoms with Gasteiger partial charge in [-0.05, 0) is 43.9 Å². The molecule has 7 heteroatoms. The van der Waals surface area contributed by atoms with Crippen LogP contribution < -0.4 is 4.90 Å². The summed E-state index contributed by atoms with van der Waals surface area (Å²) in [6.07, 6.45) is 4.38. The molecule has 0 aliphatic carbocycles. The second-order valence-electron chi connectivity index (χ2n) is 7.12. The number of aryl methyl sites for hydroxylation is 1. The van der Waals surface area contributed by atoms with Crippen molar-refractivity contribution in [3.63, 3.8) is 0 Å². The molecule has 1 atom stereocenters. The summed E-state index contributed by atoms with van der Waals surface area (Å²) in [4.78, 5) is 29.8. The summed E-state index contributed by atoms with van der Waals surface area (Å²) in [6, 6.07) is 9.44. The first kappa shape index (κ1) is 19.5. The molecule has 0 bridgehead atoms. The van der Waals surface area contributed by atoms with E-state index in [2.05, 4.69) is 34.1 Å². The summed E-state index contributed by atoms with van der Waals surface area (Å²) >= 11 is 1.13. The van der Waals surface area contributed by atoms with Crippen LogP contribution in [-0.2, 0) is 11.2 Å². The fourth-order valence-corrected chi connectivity index (χ4v) is 4.97. The molecule has 0 saturated carbocycles. The van der Waals surface area contributed by atoms with Crippen LogP contribution in [0, 0.1) is 0 Å². The van der Waals surface area contributed by atoms with Crippen molar-refractivity contribution in [3.05, 3.63) is 29.8 Å². The maximum atomic E-state index is 11.6. The van der Waals surface area contributed by atoms with Crippen molar-refractivity contribution in [1.29, 1.82) is 0 Å². The molecule has 0 aromatic heterocycles. The molecule has 4 rings (SSSR count). The van der Waals surface area contributed by atoms with Crippen LogP contribution in [0.4, 0.5) is 10.5 Å². The minimum Gasteiger partial charge on any atom is -0.366 e. The summed E-state index contributed by atoms with van der Waals surface area (Å²) < 4.78 is 0. The van der Waals surface area contributed by atoms with E-state index < -0.39 is 0 Å². The number of fused-ring (bicyclic) bond motifs is 3. The number of amides is 2. The third-order valence-electron chi connectivity index (χ3n) is 5.56. The second-order valence-corrected chi connectivity index (χ2v) is 8.05. The van der Waals surface area contributed by atoms with Crippen molar-refractivity contribution in [1.82, 2.24) is 9.80 Å². The van der Waals surface area contributed by atoms with Gasteiger partial charge in [0.2, 0.25) is 5.91 Å². The number of rotatable bonds is 5. The molecule has 2 fully saturated rings. The molecule has 26 heavy (non-hydrogen) atoms. The Morgan fingerprint density at radius 3 is 2.69 bits per heavy atom. The Morgan fingerprint density at radius 1 is 1.08 bits per heavy atom. The molecule has 2 amide bonds. The number of nitrogens with zero attached hydrogens (tertiary/aromatic N) is 3. The molecule has 1 aromatic rings. The van der Waals surface area contributed by atoms with Crippen LogP contribution in [0.3, 0.4) is 0 Å². The van der Waals surface area contributed by atoms with E-state index in [9.17, 15) is 9.59 Å². The van der Waals surface area contributed by atoms with Crippen LogP contribution >= 0.6 is 24.2 Å². The minimum atomic E-state index is -0.0699. The number of hydrogen-bond acceptors (Lipinski definition) is 5. The Balaban J connectivity index is 0.00000196. The number of imide groups is 1. The first-order chi connectivity index (χ1) is 12.2. The van der Waals surface area contributed by atoms with Gasteiger partial charge in [-0.3, -0.25) is 19.4 Å². The monoisotopic (exact) mass is 395 g/mol. The third-order valence-corrected chi connectivity index (χ3v) is 6.42. The molecule has 3 aliphatic rings.